The van der Waals surface area contributed by atoms with Crippen molar-refractivity contribution < 1.29 is 4.79 Å². The lowest BCUT2D eigenvalue weighted by atomic mass is 10.1. The van der Waals surface area contributed by atoms with Gasteiger partial charge in [0.15, 0.2) is 0 Å². The van der Waals surface area contributed by atoms with Crippen molar-refractivity contribution in [3.63, 3.8) is 0 Å². The molecule has 0 saturated carbocycles. The van der Waals surface area contributed by atoms with Gasteiger partial charge in [0.2, 0.25) is 5.91 Å². The Labute approximate surface area is 106 Å². The fourth-order valence-corrected chi connectivity index (χ4v) is 3.59. The van der Waals surface area contributed by atoms with Crippen molar-refractivity contribution >= 4 is 17.2 Å². The first-order valence-corrected chi connectivity index (χ1v) is 7.26. The van der Waals surface area contributed by atoms with Gasteiger partial charge in [-0.05, 0) is 36.3 Å². The number of rotatable bonds is 2. The van der Waals surface area contributed by atoms with Crippen LogP contribution in [0.1, 0.15) is 23.3 Å². The van der Waals surface area contributed by atoms with Gasteiger partial charge in [-0.2, -0.15) is 0 Å². The second-order valence-electron chi connectivity index (χ2n) is 4.92. The van der Waals surface area contributed by atoms with Crippen LogP contribution in [-0.4, -0.2) is 41.9 Å². The lowest BCUT2D eigenvalue weighted by Crippen LogP contribution is -2.40. The Morgan fingerprint density at radius 3 is 2.94 bits per heavy atom. The van der Waals surface area contributed by atoms with Crippen LogP contribution in [0.25, 0.3) is 0 Å². The molecule has 0 aliphatic carbocycles. The minimum absolute atomic E-state index is 0.321. The van der Waals surface area contributed by atoms with Crippen molar-refractivity contribution in [1.29, 1.82) is 0 Å². The molecule has 4 heteroatoms. The smallest absolute Gasteiger partial charge is 0.236 e. The maximum Gasteiger partial charge on any atom is 0.236 e. The van der Waals surface area contributed by atoms with Crippen molar-refractivity contribution in [2.24, 2.45) is 0 Å². The van der Waals surface area contributed by atoms with Crippen molar-refractivity contribution in [2.45, 2.75) is 25.8 Å². The highest BCUT2D eigenvalue weighted by atomic mass is 32.1. The highest BCUT2D eigenvalue weighted by Crippen LogP contribution is 2.23. The molecular weight excluding hydrogens is 232 g/mol. The normalized spacial score (nSPS) is 20.6. The molecule has 1 saturated heterocycles. The van der Waals surface area contributed by atoms with Gasteiger partial charge in [0, 0.05) is 31.1 Å². The largest absolute Gasteiger partial charge is 0.342 e. The highest BCUT2D eigenvalue weighted by molar-refractivity contribution is 7.10. The van der Waals surface area contributed by atoms with Crippen molar-refractivity contribution in [2.75, 3.05) is 26.2 Å². The zero-order valence-electron chi connectivity index (χ0n) is 10.0. The average Bonchev–Trinajstić information content (AvgIpc) is 2.99. The van der Waals surface area contributed by atoms with Gasteiger partial charge >= 0.3 is 0 Å². The first kappa shape index (κ1) is 11.2. The van der Waals surface area contributed by atoms with E-state index in [0.717, 1.165) is 32.6 Å². The quantitative estimate of drug-likeness (QED) is 0.798. The van der Waals surface area contributed by atoms with E-state index in [2.05, 4.69) is 16.3 Å². The van der Waals surface area contributed by atoms with Crippen LogP contribution in [0.4, 0.5) is 0 Å². The summed E-state index contributed by atoms with van der Waals surface area (Å²) in [6, 6.07) is 2.20. The molecule has 0 radical (unpaired) electrons. The molecule has 2 aliphatic heterocycles. The third-order valence-electron chi connectivity index (χ3n) is 3.70. The lowest BCUT2D eigenvalue weighted by molar-refractivity contribution is -0.131. The summed E-state index contributed by atoms with van der Waals surface area (Å²) in [6.45, 7) is 4.54. The Balaban J connectivity index is 1.58. The number of hydrogen-bond donors (Lipinski definition) is 0. The van der Waals surface area contributed by atoms with Crippen LogP contribution in [0, 0.1) is 0 Å². The fourth-order valence-electron chi connectivity index (χ4n) is 2.70. The predicted octanol–water partition coefficient (Wildman–Crippen LogP) is 1.73. The predicted molar refractivity (Wildman–Crippen MR) is 69.1 cm³/mol. The molecule has 3 rings (SSSR count). The van der Waals surface area contributed by atoms with Gasteiger partial charge in [0.05, 0.1) is 6.54 Å². The molecule has 0 spiro atoms. The van der Waals surface area contributed by atoms with Gasteiger partial charge in [0.25, 0.3) is 0 Å². The Morgan fingerprint density at radius 2 is 2.12 bits per heavy atom. The molecule has 1 amide bonds. The summed E-state index contributed by atoms with van der Waals surface area (Å²) in [5.41, 5.74) is 1.43. The number of likely N-dealkylation sites (tertiary alicyclic amines) is 1. The van der Waals surface area contributed by atoms with Crippen LogP contribution in [0.3, 0.4) is 0 Å². The summed E-state index contributed by atoms with van der Waals surface area (Å²) in [5.74, 6) is 0.321. The van der Waals surface area contributed by atoms with E-state index in [-0.39, 0.29) is 0 Å². The van der Waals surface area contributed by atoms with Crippen LogP contribution in [0.15, 0.2) is 11.4 Å². The molecule has 0 N–H and O–H groups in total. The van der Waals surface area contributed by atoms with Crippen LogP contribution >= 0.6 is 11.3 Å². The van der Waals surface area contributed by atoms with Gasteiger partial charge in [-0.1, -0.05) is 0 Å². The monoisotopic (exact) mass is 250 g/mol. The highest BCUT2D eigenvalue weighted by Gasteiger charge is 2.23. The molecule has 0 aromatic carbocycles. The van der Waals surface area contributed by atoms with Gasteiger partial charge in [-0.15, -0.1) is 11.3 Å². The molecule has 1 fully saturated rings. The van der Waals surface area contributed by atoms with E-state index < -0.39 is 0 Å². The van der Waals surface area contributed by atoms with Crippen molar-refractivity contribution in [3.8, 4) is 0 Å². The first-order chi connectivity index (χ1) is 8.33. The van der Waals surface area contributed by atoms with Crippen LogP contribution < -0.4 is 0 Å². The Bertz CT molecular complexity index is 409. The summed E-state index contributed by atoms with van der Waals surface area (Å²) in [4.78, 5) is 17.9. The van der Waals surface area contributed by atoms with Crippen LogP contribution in [0.2, 0.25) is 0 Å². The Hall–Kier alpha value is -0.870. The fraction of sp³-hybridized carbons (Fsp3) is 0.615. The van der Waals surface area contributed by atoms with E-state index in [4.69, 9.17) is 0 Å². The lowest BCUT2D eigenvalue weighted by Gasteiger charge is -2.28. The van der Waals surface area contributed by atoms with Crippen LogP contribution in [-0.2, 0) is 17.8 Å². The number of amides is 1. The first-order valence-electron chi connectivity index (χ1n) is 6.38. The zero-order valence-corrected chi connectivity index (χ0v) is 10.8. The standard InChI is InChI=1S/C13H18N2OS/c16-13(15-5-1-2-6-15)10-14-7-3-12-11(9-14)4-8-17-12/h4,8H,1-3,5-7,9-10H2. The second-order valence-corrected chi connectivity index (χ2v) is 5.92. The van der Waals surface area contributed by atoms with Gasteiger partial charge in [0.1, 0.15) is 0 Å². The summed E-state index contributed by atoms with van der Waals surface area (Å²) in [6.07, 6.45) is 3.47. The molecule has 92 valence electrons. The molecule has 2 aliphatic rings. The minimum Gasteiger partial charge on any atom is -0.342 e. The number of carbonyl (C=O) groups excluding carboxylic acids is 1. The number of fused-ring (bicyclic) bond motifs is 1. The maximum atomic E-state index is 12.1. The minimum atomic E-state index is 0.321. The SMILES string of the molecule is O=C(CN1CCc2sccc2C1)N1CCCC1. The number of carbonyl (C=O) groups is 1. The zero-order chi connectivity index (χ0) is 11.7. The molecule has 3 heterocycles. The average molecular weight is 250 g/mol. The molecule has 0 unspecified atom stereocenters. The molecule has 17 heavy (non-hydrogen) atoms. The van der Waals surface area contributed by atoms with Gasteiger partial charge in [-0.3, -0.25) is 9.69 Å². The summed E-state index contributed by atoms with van der Waals surface area (Å²) < 4.78 is 0. The van der Waals surface area contributed by atoms with E-state index >= 15 is 0 Å². The number of thiophene rings is 1. The van der Waals surface area contributed by atoms with Crippen molar-refractivity contribution in [3.05, 3.63) is 21.9 Å². The van der Waals surface area contributed by atoms with E-state index in [1.165, 1.54) is 23.3 Å². The van der Waals surface area contributed by atoms with Gasteiger partial charge < -0.3 is 4.90 Å². The molecule has 1 aromatic heterocycles. The number of hydrogen-bond acceptors (Lipinski definition) is 3. The molecule has 1 aromatic rings. The third-order valence-corrected chi connectivity index (χ3v) is 4.73. The Morgan fingerprint density at radius 1 is 1.29 bits per heavy atom. The maximum absolute atomic E-state index is 12.1. The molecular formula is C13H18N2OS. The Kier molecular flexibility index (Phi) is 3.16. The van der Waals surface area contributed by atoms with Gasteiger partial charge in [-0.25, -0.2) is 0 Å². The molecule has 3 nitrogen and oxygen atoms in total. The van der Waals surface area contributed by atoms with E-state index in [1.54, 1.807) is 0 Å². The summed E-state index contributed by atoms with van der Waals surface area (Å²) in [5, 5.41) is 2.16. The summed E-state index contributed by atoms with van der Waals surface area (Å²) >= 11 is 1.85. The van der Waals surface area contributed by atoms with E-state index in [1.807, 2.05) is 16.2 Å². The summed E-state index contributed by atoms with van der Waals surface area (Å²) in [7, 11) is 0. The topological polar surface area (TPSA) is 23.6 Å². The van der Waals surface area contributed by atoms with E-state index in [0.29, 0.717) is 12.5 Å². The molecule has 0 atom stereocenters. The van der Waals surface area contributed by atoms with Crippen LogP contribution in [0.5, 0.6) is 0 Å². The number of nitrogens with zero attached hydrogens (tertiary/aromatic N) is 2. The molecule has 0 bridgehead atoms. The van der Waals surface area contributed by atoms with E-state index in [9.17, 15) is 4.79 Å². The third kappa shape index (κ3) is 2.38. The second kappa shape index (κ2) is 4.78. The van der Waals surface area contributed by atoms with Crippen molar-refractivity contribution in [1.82, 2.24) is 9.80 Å².